The van der Waals surface area contributed by atoms with Crippen LogP contribution in [0.2, 0.25) is 0 Å². The van der Waals surface area contributed by atoms with Gasteiger partial charge in [-0.05, 0) is 49.9 Å². The van der Waals surface area contributed by atoms with Crippen LogP contribution >= 0.6 is 12.6 Å². The summed E-state index contributed by atoms with van der Waals surface area (Å²) in [6.45, 7) is 2.13. The van der Waals surface area contributed by atoms with Crippen LogP contribution in [0.4, 0.5) is 0 Å². The fraction of sp³-hybridized carbons (Fsp3) is 0.462. The van der Waals surface area contributed by atoms with Gasteiger partial charge in [0.05, 0.1) is 0 Å². The number of carbonyl (C=O) groups excluding carboxylic acids is 1. The van der Waals surface area contributed by atoms with E-state index in [1.807, 2.05) is 36.2 Å². The van der Waals surface area contributed by atoms with Crippen LogP contribution in [0.25, 0.3) is 0 Å². The zero-order valence-corrected chi connectivity index (χ0v) is 10.6. The molecular formula is C13H17NOS. The molecule has 0 bridgehead atoms. The molecule has 1 fully saturated rings. The van der Waals surface area contributed by atoms with E-state index in [2.05, 4.69) is 19.6 Å². The molecule has 0 spiro atoms. The van der Waals surface area contributed by atoms with Crippen molar-refractivity contribution in [2.24, 2.45) is 5.92 Å². The van der Waals surface area contributed by atoms with Crippen LogP contribution < -0.4 is 0 Å². The number of nitrogens with zero attached hydrogens (tertiary/aromatic N) is 1. The number of benzene rings is 1. The summed E-state index contributed by atoms with van der Waals surface area (Å²) in [6, 6.07) is 7.72. The van der Waals surface area contributed by atoms with Crippen molar-refractivity contribution >= 4 is 18.5 Å². The van der Waals surface area contributed by atoms with Gasteiger partial charge in [-0.15, -0.1) is 12.6 Å². The molecule has 1 aromatic rings. The summed E-state index contributed by atoms with van der Waals surface area (Å²) in [6.07, 6.45) is 2.52. The van der Waals surface area contributed by atoms with Gasteiger partial charge in [-0.25, -0.2) is 0 Å². The topological polar surface area (TPSA) is 20.3 Å². The molecule has 2 nitrogen and oxygen atoms in total. The Balaban J connectivity index is 2.08. The zero-order chi connectivity index (χ0) is 11.7. The molecule has 1 aromatic carbocycles. The number of amides is 1. The second kappa shape index (κ2) is 4.50. The quantitative estimate of drug-likeness (QED) is 0.799. The minimum atomic E-state index is 0.104. The maximum absolute atomic E-state index is 12.1. The molecule has 1 atom stereocenters. The van der Waals surface area contributed by atoms with Crippen LogP contribution in [0.1, 0.15) is 30.1 Å². The van der Waals surface area contributed by atoms with Gasteiger partial charge in [-0.1, -0.05) is 0 Å². The third-order valence-corrected chi connectivity index (χ3v) is 3.65. The van der Waals surface area contributed by atoms with Crippen LogP contribution in [-0.2, 0) is 0 Å². The van der Waals surface area contributed by atoms with Crippen molar-refractivity contribution in [3.63, 3.8) is 0 Å². The standard InChI is InChI=1S/C13H17NOS/c1-9(10-3-4-10)14(2)13(15)11-5-7-12(16)8-6-11/h5-10,16H,3-4H2,1-2H3. The summed E-state index contributed by atoms with van der Waals surface area (Å²) in [5.74, 6) is 0.811. The highest BCUT2D eigenvalue weighted by Gasteiger charge is 2.32. The number of carbonyl (C=O) groups is 1. The Hall–Kier alpha value is -0.960. The number of hydrogen-bond donors (Lipinski definition) is 1. The van der Waals surface area contributed by atoms with Crippen LogP contribution in [0.3, 0.4) is 0 Å². The predicted molar refractivity (Wildman–Crippen MR) is 68.0 cm³/mol. The first kappa shape index (κ1) is 11.5. The third kappa shape index (κ3) is 2.40. The minimum absolute atomic E-state index is 0.104. The summed E-state index contributed by atoms with van der Waals surface area (Å²) >= 11 is 4.21. The van der Waals surface area contributed by atoms with Gasteiger partial charge in [0.2, 0.25) is 0 Å². The molecule has 1 aliphatic carbocycles. The molecule has 0 aliphatic heterocycles. The Bertz CT molecular complexity index is 383. The van der Waals surface area contributed by atoms with E-state index in [0.29, 0.717) is 12.0 Å². The Labute approximate surface area is 102 Å². The second-order valence-corrected chi connectivity index (χ2v) is 5.06. The van der Waals surface area contributed by atoms with Gasteiger partial charge < -0.3 is 4.90 Å². The first-order chi connectivity index (χ1) is 7.59. The lowest BCUT2D eigenvalue weighted by Gasteiger charge is -2.24. The smallest absolute Gasteiger partial charge is 0.253 e. The summed E-state index contributed by atoms with van der Waals surface area (Å²) in [4.78, 5) is 14.9. The first-order valence-electron chi connectivity index (χ1n) is 5.66. The van der Waals surface area contributed by atoms with Crippen LogP contribution in [0.15, 0.2) is 29.2 Å². The van der Waals surface area contributed by atoms with Crippen molar-refractivity contribution < 1.29 is 4.79 Å². The molecule has 0 radical (unpaired) electrons. The fourth-order valence-corrected chi connectivity index (χ4v) is 2.04. The highest BCUT2D eigenvalue weighted by atomic mass is 32.1. The van der Waals surface area contributed by atoms with Gasteiger partial charge in [0.15, 0.2) is 0 Å². The summed E-state index contributed by atoms with van der Waals surface area (Å²) in [5, 5.41) is 0. The maximum atomic E-state index is 12.1. The number of thiol groups is 1. The average Bonchev–Trinajstić information content (AvgIpc) is 3.11. The van der Waals surface area contributed by atoms with E-state index in [1.54, 1.807) is 0 Å². The second-order valence-electron chi connectivity index (χ2n) is 4.54. The van der Waals surface area contributed by atoms with Crippen molar-refractivity contribution in [3.05, 3.63) is 29.8 Å². The molecule has 1 unspecified atom stereocenters. The first-order valence-corrected chi connectivity index (χ1v) is 6.10. The number of hydrogen-bond acceptors (Lipinski definition) is 2. The lowest BCUT2D eigenvalue weighted by atomic mass is 10.1. The van der Waals surface area contributed by atoms with E-state index < -0.39 is 0 Å². The SMILES string of the molecule is CC(C1CC1)N(C)C(=O)c1ccc(S)cc1. The minimum Gasteiger partial charge on any atom is -0.339 e. The zero-order valence-electron chi connectivity index (χ0n) is 9.68. The Morgan fingerprint density at radius 1 is 1.38 bits per heavy atom. The highest BCUT2D eigenvalue weighted by molar-refractivity contribution is 7.80. The maximum Gasteiger partial charge on any atom is 0.253 e. The molecule has 1 aliphatic rings. The van der Waals surface area contributed by atoms with Crippen molar-refractivity contribution in [1.29, 1.82) is 0 Å². The molecule has 1 amide bonds. The van der Waals surface area contributed by atoms with Gasteiger partial charge in [0.1, 0.15) is 0 Å². The lowest BCUT2D eigenvalue weighted by molar-refractivity contribution is 0.0727. The number of rotatable bonds is 3. The van der Waals surface area contributed by atoms with Crippen molar-refractivity contribution in [2.75, 3.05) is 7.05 Å². The molecule has 0 aromatic heterocycles. The fourth-order valence-electron chi connectivity index (χ4n) is 1.89. The van der Waals surface area contributed by atoms with Gasteiger partial charge in [-0.2, -0.15) is 0 Å². The van der Waals surface area contributed by atoms with Gasteiger partial charge in [-0.3, -0.25) is 4.79 Å². The Kier molecular flexibility index (Phi) is 3.24. The largest absolute Gasteiger partial charge is 0.339 e. The summed E-state index contributed by atoms with van der Waals surface area (Å²) < 4.78 is 0. The van der Waals surface area contributed by atoms with Crippen LogP contribution in [-0.4, -0.2) is 23.9 Å². The van der Waals surface area contributed by atoms with E-state index in [-0.39, 0.29) is 5.91 Å². The monoisotopic (exact) mass is 235 g/mol. The summed E-state index contributed by atoms with van der Waals surface area (Å²) in [5.41, 5.74) is 0.743. The van der Waals surface area contributed by atoms with E-state index in [9.17, 15) is 4.79 Å². The molecule has 86 valence electrons. The molecule has 1 saturated carbocycles. The lowest BCUT2D eigenvalue weighted by Crippen LogP contribution is -2.36. The van der Waals surface area contributed by atoms with E-state index >= 15 is 0 Å². The molecule has 0 saturated heterocycles. The third-order valence-electron chi connectivity index (χ3n) is 3.35. The molecule has 16 heavy (non-hydrogen) atoms. The molecule has 3 heteroatoms. The van der Waals surface area contributed by atoms with Crippen LogP contribution in [0.5, 0.6) is 0 Å². The Morgan fingerprint density at radius 2 is 1.94 bits per heavy atom. The van der Waals surface area contributed by atoms with E-state index in [1.165, 1.54) is 12.8 Å². The molecular weight excluding hydrogens is 218 g/mol. The normalized spacial score (nSPS) is 16.9. The van der Waals surface area contributed by atoms with Gasteiger partial charge >= 0.3 is 0 Å². The van der Waals surface area contributed by atoms with Crippen molar-refractivity contribution in [2.45, 2.75) is 30.7 Å². The Morgan fingerprint density at radius 3 is 2.44 bits per heavy atom. The van der Waals surface area contributed by atoms with E-state index in [4.69, 9.17) is 0 Å². The molecule has 2 rings (SSSR count). The predicted octanol–water partition coefficient (Wildman–Crippen LogP) is 2.85. The van der Waals surface area contributed by atoms with Gasteiger partial charge in [0.25, 0.3) is 5.91 Å². The highest BCUT2D eigenvalue weighted by Crippen LogP contribution is 2.35. The average molecular weight is 235 g/mol. The molecule has 0 N–H and O–H groups in total. The van der Waals surface area contributed by atoms with Crippen LogP contribution in [0, 0.1) is 5.92 Å². The van der Waals surface area contributed by atoms with Gasteiger partial charge in [0, 0.05) is 23.5 Å². The molecule has 0 heterocycles. The van der Waals surface area contributed by atoms with Crippen molar-refractivity contribution in [3.8, 4) is 0 Å². The summed E-state index contributed by atoms with van der Waals surface area (Å²) in [7, 11) is 1.89. The van der Waals surface area contributed by atoms with E-state index in [0.717, 1.165) is 10.5 Å². The van der Waals surface area contributed by atoms with Crippen molar-refractivity contribution in [1.82, 2.24) is 4.90 Å².